The van der Waals surface area contributed by atoms with E-state index in [4.69, 9.17) is 9.47 Å². The summed E-state index contributed by atoms with van der Waals surface area (Å²) in [5.74, 6) is -0.469. The van der Waals surface area contributed by atoms with Crippen LogP contribution in [0.2, 0.25) is 0 Å². The highest BCUT2D eigenvalue weighted by Gasteiger charge is 2.15. The zero-order valence-electron chi connectivity index (χ0n) is 18.4. The number of carbonyl (C=O) groups excluding carboxylic acids is 1. The molecule has 1 aliphatic heterocycles. The molecule has 0 spiro atoms. The molecule has 0 unspecified atom stereocenters. The van der Waals surface area contributed by atoms with Crippen molar-refractivity contribution in [1.29, 1.82) is 0 Å². The third-order valence-corrected chi connectivity index (χ3v) is 4.54. The SMILES string of the molecule is CO[C@@H]1\C=C/C=C\C=C/C[C@@H](C[C@H](C)O)OC(=O)\C=C/C=C\C=C/C[C@H](O)C[C@H](O)C1. The zero-order valence-corrected chi connectivity index (χ0v) is 18.4. The van der Waals surface area contributed by atoms with Crippen LogP contribution in [0.1, 0.15) is 39.0 Å². The Kier molecular flexibility index (Phi) is 14.2. The average Bonchev–Trinajstić information content (AvgIpc) is 2.70. The zero-order chi connectivity index (χ0) is 22.9. The lowest BCUT2D eigenvalue weighted by Gasteiger charge is -2.18. The van der Waals surface area contributed by atoms with Crippen LogP contribution in [0.4, 0.5) is 0 Å². The molecule has 0 saturated carbocycles. The Morgan fingerprint density at radius 2 is 1.61 bits per heavy atom. The molecule has 1 rings (SSSR count). The predicted molar refractivity (Wildman–Crippen MR) is 122 cm³/mol. The summed E-state index contributed by atoms with van der Waals surface area (Å²) in [5, 5.41) is 29.9. The van der Waals surface area contributed by atoms with E-state index < -0.39 is 30.4 Å². The smallest absolute Gasteiger partial charge is 0.331 e. The Labute approximate surface area is 185 Å². The molecule has 0 radical (unpaired) electrons. The molecule has 0 saturated heterocycles. The molecule has 6 nitrogen and oxygen atoms in total. The van der Waals surface area contributed by atoms with Gasteiger partial charge < -0.3 is 24.8 Å². The standard InChI is InChI=1S/C25H36O6/c1-20(26)17-24-15-11-7-4-6-10-14-23(30-2)19-22(28)18-21(27)13-9-5-3-8-12-16-25(29)31-24/h3-12,14,16,20-24,26-28H,13,15,17-19H2,1-2H3/b6-4-,8-3-,9-5-,11-7-,14-10-,16-12-/t20-,21-,22-,23+,24-/m0/s1. The predicted octanol–water partition coefficient (Wildman–Crippen LogP) is 3.32. The summed E-state index contributed by atoms with van der Waals surface area (Å²) in [6.07, 6.45) is 20.3. The van der Waals surface area contributed by atoms with Crippen LogP contribution < -0.4 is 0 Å². The molecule has 0 bridgehead atoms. The van der Waals surface area contributed by atoms with Gasteiger partial charge in [-0.2, -0.15) is 0 Å². The number of methoxy groups -OCH3 is 1. The van der Waals surface area contributed by atoms with Crippen molar-refractivity contribution in [2.24, 2.45) is 0 Å². The van der Waals surface area contributed by atoms with Crippen LogP contribution in [0.15, 0.2) is 72.9 Å². The van der Waals surface area contributed by atoms with E-state index in [9.17, 15) is 20.1 Å². The lowest BCUT2D eigenvalue weighted by molar-refractivity contribution is -0.144. The fraction of sp³-hybridized carbons (Fsp3) is 0.480. The van der Waals surface area contributed by atoms with Gasteiger partial charge in [-0.1, -0.05) is 66.8 Å². The number of esters is 1. The van der Waals surface area contributed by atoms with Crippen molar-refractivity contribution in [3.05, 3.63) is 72.9 Å². The number of hydrogen-bond acceptors (Lipinski definition) is 6. The van der Waals surface area contributed by atoms with E-state index in [1.165, 1.54) is 6.08 Å². The summed E-state index contributed by atoms with van der Waals surface area (Å²) in [6, 6.07) is 0. The van der Waals surface area contributed by atoms with Gasteiger partial charge in [-0.05, 0) is 19.8 Å². The number of carbonyl (C=O) groups is 1. The molecule has 1 aliphatic rings. The molecule has 0 aliphatic carbocycles. The van der Waals surface area contributed by atoms with E-state index in [1.54, 1.807) is 44.4 Å². The van der Waals surface area contributed by atoms with E-state index in [2.05, 4.69) is 0 Å². The van der Waals surface area contributed by atoms with Gasteiger partial charge in [-0.15, -0.1) is 0 Å². The third kappa shape index (κ3) is 14.4. The van der Waals surface area contributed by atoms with Gasteiger partial charge >= 0.3 is 5.97 Å². The highest BCUT2D eigenvalue weighted by molar-refractivity contribution is 5.82. The first-order chi connectivity index (χ1) is 14.9. The third-order valence-electron chi connectivity index (χ3n) is 4.54. The molecule has 6 heteroatoms. The van der Waals surface area contributed by atoms with Crippen LogP contribution in [-0.4, -0.2) is 58.9 Å². The molecule has 0 aromatic rings. The quantitative estimate of drug-likeness (QED) is 0.592. The van der Waals surface area contributed by atoms with Crippen LogP contribution in [0.25, 0.3) is 0 Å². The van der Waals surface area contributed by atoms with Gasteiger partial charge in [0.15, 0.2) is 0 Å². The fourth-order valence-electron chi connectivity index (χ4n) is 3.01. The average molecular weight is 433 g/mol. The molecule has 0 aromatic heterocycles. The Morgan fingerprint density at radius 1 is 0.968 bits per heavy atom. The summed E-state index contributed by atoms with van der Waals surface area (Å²) in [6.45, 7) is 1.66. The summed E-state index contributed by atoms with van der Waals surface area (Å²) < 4.78 is 10.8. The largest absolute Gasteiger partial charge is 0.459 e. The first-order valence-electron chi connectivity index (χ1n) is 10.7. The molecule has 172 valence electrons. The number of allylic oxidation sites excluding steroid dienone is 8. The van der Waals surface area contributed by atoms with Gasteiger partial charge in [0, 0.05) is 32.4 Å². The molecule has 0 aromatic carbocycles. The maximum absolute atomic E-state index is 12.0. The number of hydrogen-bond donors (Lipinski definition) is 3. The molecule has 5 atom stereocenters. The lowest BCUT2D eigenvalue weighted by Crippen LogP contribution is -2.22. The molecule has 0 amide bonds. The number of aliphatic hydroxyl groups excluding tert-OH is 3. The highest BCUT2D eigenvalue weighted by Crippen LogP contribution is 2.12. The molecule has 1 heterocycles. The van der Waals surface area contributed by atoms with Gasteiger partial charge in [0.25, 0.3) is 0 Å². The van der Waals surface area contributed by atoms with Crippen molar-refractivity contribution < 1.29 is 29.6 Å². The van der Waals surface area contributed by atoms with Gasteiger partial charge in [-0.3, -0.25) is 0 Å². The van der Waals surface area contributed by atoms with Crippen LogP contribution in [0.3, 0.4) is 0 Å². The maximum atomic E-state index is 12.0. The van der Waals surface area contributed by atoms with E-state index >= 15 is 0 Å². The van der Waals surface area contributed by atoms with Crippen molar-refractivity contribution in [1.82, 2.24) is 0 Å². The maximum Gasteiger partial charge on any atom is 0.331 e. The Bertz CT molecular complexity index is 671. The summed E-state index contributed by atoms with van der Waals surface area (Å²) in [5.41, 5.74) is 0. The minimum atomic E-state index is -0.671. The number of rotatable bonds is 3. The first-order valence-corrected chi connectivity index (χ1v) is 10.7. The van der Waals surface area contributed by atoms with Crippen LogP contribution in [0.5, 0.6) is 0 Å². The second-order valence-electron chi connectivity index (χ2n) is 7.54. The van der Waals surface area contributed by atoms with Crippen LogP contribution >= 0.6 is 0 Å². The topological polar surface area (TPSA) is 96.2 Å². The van der Waals surface area contributed by atoms with Crippen molar-refractivity contribution in [3.63, 3.8) is 0 Å². The Hall–Kier alpha value is -2.25. The minimum absolute atomic E-state index is 0.256. The fourth-order valence-corrected chi connectivity index (χ4v) is 3.01. The number of cyclic esters (lactones) is 1. The van der Waals surface area contributed by atoms with E-state index in [-0.39, 0.29) is 12.5 Å². The summed E-state index contributed by atoms with van der Waals surface area (Å²) in [7, 11) is 1.58. The van der Waals surface area contributed by atoms with Crippen molar-refractivity contribution >= 4 is 5.97 Å². The second-order valence-corrected chi connectivity index (χ2v) is 7.54. The van der Waals surface area contributed by atoms with Crippen molar-refractivity contribution in [3.8, 4) is 0 Å². The van der Waals surface area contributed by atoms with Gasteiger partial charge in [0.05, 0.1) is 24.4 Å². The normalized spacial score (nSPS) is 34.2. The van der Waals surface area contributed by atoms with E-state index in [1.807, 2.05) is 36.5 Å². The number of ether oxygens (including phenoxy) is 2. The second kappa shape index (κ2) is 16.4. The molecular formula is C25H36O6. The summed E-state index contributed by atoms with van der Waals surface area (Å²) >= 11 is 0. The van der Waals surface area contributed by atoms with Crippen molar-refractivity contribution in [2.75, 3.05) is 7.11 Å². The van der Waals surface area contributed by atoms with Crippen LogP contribution in [0, 0.1) is 0 Å². The monoisotopic (exact) mass is 432 g/mol. The molecular weight excluding hydrogens is 396 g/mol. The van der Waals surface area contributed by atoms with Gasteiger partial charge in [-0.25, -0.2) is 4.79 Å². The van der Waals surface area contributed by atoms with Crippen LogP contribution in [-0.2, 0) is 14.3 Å². The molecule has 31 heavy (non-hydrogen) atoms. The summed E-state index contributed by atoms with van der Waals surface area (Å²) in [4.78, 5) is 12.0. The Balaban J connectivity index is 2.87. The highest BCUT2D eigenvalue weighted by atomic mass is 16.5. The van der Waals surface area contributed by atoms with Gasteiger partial charge in [0.2, 0.25) is 0 Å². The molecule has 3 N–H and O–H groups in total. The van der Waals surface area contributed by atoms with E-state index in [0.29, 0.717) is 25.7 Å². The lowest BCUT2D eigenvalue weighted by atomic mass is 10.0. The molecule has 0 fully saturated rings. The Morgan fingerprint density at radius 3 is 2.29 bits per heavy atom. The van der Waals surface area contributed by atoms with Gasteiger partial charge in [0.1, 0.15) is 6.10 Å². The first kappa shape index (κ1) is 26.8. The minimum Gasteiger partial charge on any atom is -0.459 e. The van der Waals surface area contributed by atoms with E-state index in [0.717, 1.165) is 0 Å². The number of aliphatic hydroxyl groups is 3. The van der Waals surface area contributed by atoms with Crippen molar-refractivity contribution in [2.45, 2.75) is 69.5 Å².